The highest BCUT2D eigenvalue weighted by atomic mass is 32.1. The van der Waals surface area contributed by atoms with Crippen LogP contribution in [0, 0.1) is 0 Å². The monoisotopic (exact) mass is 424 g/mol. The van der Waals surface area contributed by atoms with Crippen molar-refractivity contribution in [2.75, 3.05) is 31.7 Å². The van der Waals surface area contributed by atoms with E-state index in [0.29, 0.717) is 32.5 Å². The Morgan fingerprint density at radius 1 is 1.10 bits per heavy atom. The summed E-state index contributed by atoms with van der Waals surface area (Å²) >= 11 is 1.37. The summed E-state index contributed by atoms with van der Waals surface area (Å²) in [5.41, 5.74) is 2.27. The van der Waals surface area contributed by atoms with Crippen LogP contribution in [0.15, 0.2) is 60.7 Å². The number of hydrogen-bond donors (Lipinski definition) is 1. The van der Waals surface area contributed by atoms with E-state index in [1.807, 2.05) is 55.5 Å². The predicted octanol–water partition coefficient (Wildman–Crippen LogP) is 3.85. The Kier molecular flexibility index (Phi) is 8.35. The molecule has 3 rings (SSSR count). The molecule has 1 amide bonds. The number of rotatable bonds is 11. The molecule has 1 N–H and O–H groups in total. The fourth-order valence-corrected chi connectivity index (χ4v) is 3.84. The number of ether oxygens (including phenoxy) is 1. The highest BCUT2D eigenvalue weighted by molar-refractivity contribution is 7.09. The Labute approximate surface area is 182 Å². The number of nitrogens with zero attached hydrogens (tertiary/aromatic N) is 3. The maximum atomic E-state index is 12.5. The normalized spacial score (nSPS) is 11.8. The highest BCUT2D eigenvalue weighted by Crippen LogP contribution is 2.19. The first-order valence-corrected chi connectivity index (χ1v) is 10.9. The lowest BCUT2D eigenvalue weighted by Gasteiger charge is -2.21. The third-order valence-electron chi connectivity index (χ3n) is 4.78. The second-order valence-corrected chi connectivity index (χ2v) is 7.82. The second-order valence-electron chi connectivity index (χ2n) is 7.09. The van der Waals surface area contributed by atoms with Crippen molar-refractivity contribution in [2.24, 2.45) is 0 Å². The van der Waals surface area contributed by atoms with Gasteiger partial charge in [0.15, 0.2) is 0 Å². The molecule has 0 radical (unpaired) electrons. The summed E-state index contributed by atoms with van der Waals surface area (Å²) in [6.45, 7) is 3.79. The molecular formula is C23H28N4O2S. The van der Waals surface area contributed by atoms with E-state index >= 15 is 0 Å². The largest absolute Gasteiger partial charge is 0.383 e. The Balaban J connectivity index is 1.57. The van der Waals surface area contributed by atoms with E-state index in [1.54, 1.807) is 7.11 Å². The maximum absolute atomic E-state index is 12.5. The molecule has 0 aliphatic heterocycles. The number of amides is 1. The van der Waals surface area contributed by atoms with Crippen LogP contribution in [-0.4, -0.2) is 42.1 Å². The first kappa shape index (κ1) is 21.9. The van der Waals surface area contributed by atoms with Gasteiger partial charge < -0.3 is 15.0 Å². The Hall–Kier alpha value is -2.77. The summed E-state index contributed by atoms with van der Waals surface area (Å²) in [5.74, 6) is 0.813. The molecule has 7 heteroatoms. The zero-order chi connectivity index (χ0) is 21.2. The highest BCUT2D eigenvalue weighted by Gasteiger charge is 2.16. The minimum atomic E-state index is -0.0230. The van der Waals surface area contributed by atoms with Crippen LogP contribution in [0.1, 0.15) is 36.3 Å². The standard InChI is InChI=1S/C23H28N4O2S/c1-18(20-11-7-4-8-12-20)24-22(28)13-14-27(15-16-29-2)23-25-21(26-30-23)17-19-9-5-3-6-10-19/h3-12,18H,13-17H2,1-2H3,(H,24,28)/t18-/m1/s1. The summed E-state index contributed by atoms with van der Waals surface area (Å²) in [6.07, 6.45) is 1.08. The van der Waals surface area contributed by atoms with Gasteiger partial charge in [0.2, 0.25) is 11.0 Å². The van der Waals surface area contributed by atoms with Gasteiger partial charge in [0.1, 0.15) is 5.82 Å². The van der Waals surface area contributed by atoms with Gasteiger partial charge in [0.05, 0.1) is 12.6 Å². The van der Waals surface area contributed by atoms with Crippen molar-refractivity contribution in [2.45, 2.75) is 25.8 Å². The van der Waals surface area contributed by atoms with E-state index in [-0.39, 0.29) is 11.9 Å². The number of methoxy groups -OCH3 is 1. The molecule has 3 aromatic rings. The third kappa shape index (κ3) is 6.64. The molecule has 0 saturated carbocycles. The lowest BCUT2D eigenvalue weighted by atomic mass is 10.1. The first-order valence-electron chi connectivity index (χ1n) is 10.1. The molecular weight excluding hydrogens is 396 g/mol. The van der Waals surface area contributed by atoms with E-state index in [2.05, 4.69) is 26.7 Å². The number of nitrogens with one attached hydrogen (secondary N) is 1. The van der Waals surface area contributed by atoms with Gasteiger partial charge in [-0.05, 0) is 18.1 Å². The fraction of sp³-hybridized carbons (Fsp3) is 0.348. The quantitative estimate of drug-likeness (QED) is 0.506. The maximum Gasteiger partial charge on any atom is 0.222 e. The van der Waals surface area contributed by atoms with Crippen molar-refractivity contribution in [3.63, 3.8) is 0 Å². The number of hydrogen-bond acceptors (Lipinski definition) is 6. The van der Waals surface area contributed by atoms with Crippen LogP contribution in [0.4, 0.5) is 5.13 Å². The van der Waals surface area contributed by atoms with E-state index in [4.69, 9.17) is 9.72 Å². The third-order valence-corrected chi connectivity index (χ3v) is 5.60. The summed E-state index contributed by atoms with van der Waals surface area (Å²) in [7, 11) is 1.67. The van der Waals surface area contributed by atoms with Gasteiger partial charge >= 0.3 is 0 Å². The van der Waals surface area contributed by atoms with Crippen LogP contribution in [-0.2, 0) is 16.0 Å². The molecule has 1 aromatic heterocycles. The average Bonchev–Trinajstić information content (AvgIpc) is 3.23. The molecule has 0 saturated heterocycles. The van der Waals surface area contributed by atoms with Crippen LogP contribution in [0.3, 0.4) is 0 Å². The molecule has 158 valence electrons. The summed E-state index contributed by atoms with van der Waals surface area (Å²) in [6, 6.07) is 20.1. The van der Waals surface area contributed by atoms with Crippen molar-refractivity contribution >= 4 is 22.6 Å². The number of aromatic nitrogens is 2. The van der Waals surface area contributed by atoms with Crippen molar-refractivity contribution in [1.82, 2.24) is 14.7 Å². The summed E-state index contributed by atoms with van der Waals surface area (Å²) in [5, 5.41) is 3.89. The van der Waals surface area contributed by atoms with Gasteiger partial charge in [0.25, 0.3) is 0 Å². The summed E-state index contributed by atoms with van der Waals surface area (Å²) < 4.78 is 9.74. The summed E-state index contributed by atoms with van der Waals surface area (Å²) in [4.78, 5) is 19.2. The van der Waals surface area contributed by atoms with Crippen LogP contribution in [0.5, 0.6) is 0 Å². The van der Waals surface area contributed by atoms with Crippen molar-refractivity contribution < 1.29 is 9.53 Å². The van der Waals surface area contributed by atoms with E-state index in [1.165, 1.54) is 17.1 Å². The fourth-order valence-electron chi connectivity index (χ4n) is 3.10. The molecule has 1 atom stereocenters. The van der Waals surface area contributed by atoms with Crippen LogP contribution in [0.2, 0.25) is 0 Å². The number of anilines is 1. The predicted molar refractivity (Wildman–Crippen MR) is 121 cm³/mol. The molecule has 0 fully saturated rings. The van der Waals surface area contributed by atoms with Crippen molar-refractivity contribution in [3.8, 4) is 0 Å². The van der Waals surface area contributed by atoms with Crippen LogP contribution < -0.4 is 10.2 Å². The average molecular weight is 425 g/mol. The minimum Gasteiger partial charge on any atom is -0.383 e. The topological polar surface area (TPSA) is 67.3 Å². The van der Waals surface area contributed by atoms with Crippen LogP contribution in [0.25, 0.3) is 0 Å². The van der Waals surface area contributed by atoms with Crippen molar-refractivity contribution in [3.05, 3.63) is 77.6 Å². The van der Waals surface area contributed by atoms with Gasteiger partial charge in [-0.3, -0.25) is 4.79 Å². The van der Waals surface area contributed by atoms with Crippen molar-refractivity contribution in [1.29, 1.82) is 0 Å². The molecule has 1 heterocycles. The van der Waals surface area contributed by atoms with Gasteiger partial charge in [0, 0.05) is 44.6 Å². The van der Waals surface area contributed by atoms with E-state index < -0.39 is 0 Å². The smallest absolute Gasteiger partial charge is 0.222 e. The molecule has 0 aliphatic carbocycles. The molecule has 2 aromatic carbocycles. The lowest BCUT2D eigenvalue weighted by molar-refractivity contribution is -0.121. The van der Waals surface area contributed by atoms with Gasteiger partial charge in [-0.15, -0.1) is 0 Å². The zero-order valence-electron chi connectivity index (χ0n) is 17.5. The number of carbonyl (C=O) groups is 1. The van der Waals surface area contributed by atoms with E-state index in [0.717, 1.165) is 16.5 Å². The first-order chi connectivity index (χ1) is 14.7. The van der Waals surface area contributed by atoms with Gasteiger partial charge in [-0.1, -0.05) is 60.7 Å². The Morgan fingerprint density at radius 2 is 1.80 bits per heavy atom. The van der Waals surface area contributed by atoms with E-state index in [9.17, 15) is 4.79 Å². The van der Waals surface area contributed by atoms with Gasteiger partial charge in [-0.2, -0.15) is 4.37 Å². The minimum absolute atomic E-state index is 0.0165. The molecule has 0 aliphatic rings. The molecule has 30 heavy (non-hydrogen) atoms. The van der Waals surface area contributed by atoms with Gasteiger partial charge in [-0.25, -0.2) is 4.98 Å². The molecule has 0 spiro atoms. The second kappa shape index (κ2) is 11.4. The Morgan fingerprint density at radius 3 is 2.50 bits per heavy atom. The molecule has 0 bridgehead atoms. The number of carbonyl (C=O) groups excluding carboxylic acids is 1. The number of benzene rings is 2. The SMILES string of the molecule is COCCN(CCC(=O)N[C@H](C)c1ccccc1)c1nc(Cc2ccccc2)ns1. The lowest BCUT2D eigenvalue weighted by Crippen LogP contribution is -2.33. The van der Waals surface area contributed by atoms with Crippen LogP contribution >= 0.6 is 11.5 Å². The Bertz CT molecular complexity index is 902. The zero-order valence-corrected chi connectivity index (χ0v) is 18.3. The molecule has 6 nitrogen and oxygen atoms in total. The molecule has 0 unspecified atom stereocenters.